The Hall–Kier alpha value is 0.110. The van der Waals surface area contributed by atoms with Crippen LogP contribution in [0.3, 0.4) is 0 Å². The molecule has 0 saturated heterocycles. The van der Waals surface area contributed by atoms with Crippen LogP contribution in [0.1, 0.15) is 11.7 Å². The molecule has 0 N–H and O–H groups in total. The summed E-state index contributed by atoms with van der Waals surface area (Å²) < 4.78 is 12.9. The molecule has 0 radical (unpaired) electrons. The van der Waals surface area contributed by atoms with E-state index >= 15 is 0 Å². The van der Waals surface area contributed by atoms with Gasteiger partial charge in [0.15, 0.2) is 0 Å². The van der Waals surface area contributed by atoms with E-state index in [9.17, 15) is 4.39 Å². The van der Waals surface area contributed by atoms with Gasteiger partial charge in [-0.2, -0.15) is 0 Å². The summed E-state index contributed by atoms with van der Waals surface area (Å²) in [5.74, 6) is 0. The van der Waals surface area contributed by atoms with Gasteiger partial charge >= 0.3 is 0 Å². The molecule has 1 aromatic rings. The van der Waals surface area contributed by atoms with Gasteiger partial charge in [0.25, 0.3) is 0 Å². The molecule has 0 fully saturated rings. The Morgan fingerprint density at radius 1 is 1.09 bits per heavy atom. The van der Waals surface area contributed by atoms with Crippen molar-refractivity contribution in [3.8, 4) is 0 Å². The predicted molar refractivity (Wildman–Crippen MR) is 51.9 cm³/mol. The molecule has 3 heteroatoms. The number of rotatable bonds is 2. The van der Waals surface area contributed by atoms with Crippen molar-refractivity contribution in [2.45, 2.75) is 9.91 Å². The highest BCUT2D eigenvalue weighted by atomic mass is 79.9. The number of alkyl halides is 3. The van der Waals surface area contributed by atoms with Crippen LogP contribution in [0.15, 0.2) is 30.3 Å². The molecule has 60 valence electrons. The normalized spacial score (nSPS) is 13.5. The average Bonchev–Trinajstić information content (AvgIpc) is 2.05. The standard InChI is InChI=1S/C8H7Br2F/c9-8(10)7(11)6-4-2-1-3-5-6/h1-5,7-8H. The van der Waals surface area contributed by atoms with Crippen molar-refractivity contribution in [3.05, 3.63) is 35.9 Å². The maximum atomic E-state index is 13.2. The molecule has 0 aliphatic rings. The van der Waals surface area contributed by atoms with Crippen LogP contribution in [0.2, 0.25) is 0 Å². The summed E-state index contributed by atoms with van der Waals surface area (Å²) in [7, 11) is 0. The van der Waals surface area contributed by atoms with Crippen LogP contribution in [-0.4, -0.2) is 3.74 Å². The van der Waals surface area contributed by atoms with E-state index in [4.69, 9.17) is 0 Å². The van der Waals surface area contributed by atoms with E-state index in [1.54, 1.807) is 12.1 Å². The van der Waals surface area contributed by atoms with Gasteiger partial charge in [-0.3, -0.25) is 0 Å². The third-order valence-electron chi connectivity index (χ3n) is 1.34. The zero-order valence-electron chi connectivity index (χ0n) is 5.68. The predicted octanol–water partition coefficient (Wildman–Crippen LogP) is 3.81. The molecule has 0 spiro atoms. The van der Waals surface area contributed by atoms with E-state index in [0.717, 1.165) is 0 Å². The van der Waals surface area contributed by atoms with Crippen molar-refractivity contribution >= 4 is 31.9 Å². The SMILES string of the molecule is FC(c1ccccc1)C(Br)Br. The second-order valence-electron chi connectivity index (χ2n) is 2.15. The van der Waals surface area contributed by atoms with Gasteiger partial charge in [0.2, 0.25) is 0 Å². The molecule has 0 aromatic heterocycles. The minimum atomic E-state index is -0.990. The zero-order valence-corrected chi connectivity index (χ0v) is 8.85. The fourth-order valence-electron chi connectivity index (χ4n) is 0.782. The van der Waals surface area contributed by atoms with Crippen molar-refractivity contribution in [2.75, 3.05) is 0 Å². The average molecular weight is 282 g/mol. The molecule has 0 bridgehead atoms. The van der Waals surface area contributed by atoms with Crippen LogP contribution in [0.5, 0.6) is 0 Å². The van der Waals surface area contributed by atoms with Crippen molar-refractivity contribution in [1.29, 1.82) is 0 Å². The first kappa shape index (κ1) is 9.20. The molecule has 1 atom stereocenters. The number of hydrogen-bond acceptors (Lipinski definition) is 0. The number of hydrogen-bond donors (Lipinski definition) is 0. The second kappa shape index (κ2) is 4.21. The van der Waals surface area contributed by atoms with E-state index in [1.807, 2.05) is 18.2 Å². The molecule has 11 heavy (non-hydrogen) atoms. The van der Waals surface area contributed by atoms with Gasteiger partial charge in [0.1, 0.15) is 9.91 Å². The van der Waals surface area contributed by atoms with E-state index in [2.05, 4.69) is 31.9 Å². The van der Waals surface area contributed by atoms with Crippen LogP contribution < -0.4 is 0 Å². The van der Waals surface area contributed by atoms with Crippen LogP contribution in [-0.2, 0) is 0 Å². The Morgan fingerprint density at radius 2 is 1.64 bits per heavy atom. The van der Waals surface area contributed by atoms with Gasteiger partial charge < -0.3 is 0 Å². The van der Waals surface area contributed by atoms with Crippen LogP contribution in [0.25, 0.3) is 0 Å². The summed E-state index contributed by atoms with van der Waals surface area (Å²) in [6.45, 7) is 0. The molecule has 0 nitrogen and oxygen atoms in total. The molecule has 0 aliphatic carbocycles. The van der Waals surface area contributed by atoms with E-state index in [-0.39, 0.29) is 3.74 Å². The molecule has 1 aromatic carbocycles. The molecule has 0 heterocycles. The quantitative estimate of drug-likeness (QED) is 0.723. The molecule has 0 saturated carbocycles. The van der Waals surface area contributed by atoms with E-state index < -0.39 is 6.17 Å². The lowest BCUT2D eigenvalue weighted by Crippen LogP contribution is -1.98. The Balaban J connectivity index is 2.77. The molecular weight excluding hydrogens is 275 g/mol. The van der Waals surface area contributed by atoms with Gasteiger partial charge in [0, 0.05) is 0 Å². The van der Waals surface area contributed by atoms with E-state index in [1.165, 1.54) is 0 Å². The van der Waals surface area contributed by atoms with Gasteiger partial charge in [-0.15, -0.1) is 0 Å². The van der Waals surface area contributed by atoms with Gasteiger partial charge in [-0.1, -0.05) is 62.2 Å². The highest BCUT2D eigenvalue weighted by molar-refractivity contribution is 9.24. The summed E-state index contributed by atoms with van der Waals surface area (Å²) in [6.07, 6.45) is -0.990. The largest absolute Gasteiger partial charge is 0.240 e. The lowest BCUT2D eigenvalue weighted by Gasteiger charge is -2.08. The minimum absolute atomic E-state index is 0.308. The maximum Gasteiger partial charge on any atom is 0.147 e. The molecule has 0 amide bonds. The lowest BCUT2D eigenvalue weighted by molar-refractivity contribution is 0.374. The summed E-state index contributed by atoms with van der Waals surface area (Å²) >= 11 is 6.24. The Morgan fingerprint density at radius 3 is 2.09 bits per heavy atom. The third kappa shape index (κ3) is 2.56. The van der Waals surface area contributed by atoms with Gasteiger partial charge in [-0.25, -0.2) is 4.39 Å². The smallest absolute Gasteiger partial charge is 0.147 e. The molecule has 0 aliphatic heterocycles. The van der Waals surface area contributed by atoms with Crippen molar-refractivity contribution in [1.82, 2.24) is 0 Å². The monoisotopic (exact) mass is 280 g/mol. The Labute approximate surface area is 82.1 Å². The third-order valence-corrected chi connectivity index (χ3v) is 2.27. The summed E-state index contributed by atoms with van der Waals surface area (Å²) in [5, 5.41) is 0. The molecule has 1 rings (SSSR count). The summed E-state index contributed by atoms with van der Waals surface area (Å²) in [6, 6.07) is 9.04. The summed E-state index contributed by atoms with van der Waals surface area (Å²) in [4.78, 5) is 0. The Bertz CT molecular complexity index is 211. The molecule has 1 unspecified atom stereocenters. The second-order valence-corrected chi connectivity index (χ2v) is 5.35. The van der Waals surface area contributed by atoms with Crippen LogP contribution in [0.4, 0.5) is 4.39 Å². The van der Waals surface area contributed by atoms with Crippen molar-refractivity contribution < 1.29 is 4.39 Å². The first-order chi connectivity index (χ1) is 5.22. The fraction of sp³-hybridized carbons (Fsp3) is 0.250. The topological polar surface area (TPSA) is 0 Å². The highest BCUT2D eigenvalue weighted by Crippen LogP contribution is 2.29. The van der Waals surface area contributed by atoms with Crippen molar-refractivity contribution in [3.63, 3.8) is 0 Å². The number of benzene rings is 1. The summed E-state index contributed by atoms with van der Waals surface area (Å²) in [5.41, 5.74) is 0.686. The first-order valence-corrected chi connectivity index (χ1v) is 5.02. The van der Waals surface area contributed by atoms with Gasteiger partial charge in [0.05, 0.1) is 0 Å². The van der Waals surface area contributed by atoms with Gasteiger partial charge in [-0.05, 0) is 5.56 Å². The fourth-order valence-corrected chi connectivity index (χ4v) is 1.39. The zero-order chi connectivity index (χ0) is 8.27. The first-order valence-electron chi connectivity index (χ1n) is 3.19. The van der Waals surface area contributed by atoms with E-state index in [0.29, 0.717) is 5.56 Å². The lowest BCUT2D eigenvalue weighted by atomic mass is 10.1. The minimum Gasteiger partial charge on any atom is -0.240 e. The van der Waals surface area contributed by atoms with Crippen LogP contribution in [0, 0.1) is 0 Å². The number of halogens is 3. The highest BCUT2D eigenvalue weighted by Gasteiger charge is 2.15. The maximum absolute atomic E-state index is 13.2. The Kier molecular flexibility index (Phi) is 3.52. The van der Waals surface area contributed by atoms with Crippen LogP contribution >= 0.6 is 31.9 Å². The molecular formula is C8H7Br2F. The van der Waals surface area contributed by atoms with Crippen molar-refractivity contribution in [2.24, 2.45) is 0 Å².